The van der Waals surface area contributed by atoms with Crippen LogP contribution in [-0.2, 0) is 17.9 Å². The summed E-state index contributed by atoms with van der Waals surface area (Å²) in [6.07, 6.45) is 2.75. The van der Waals surface area contributed by atoms with Gasteiger partial charge in [0, 0.05) is 25.2 Å². The van der Waals surface area contributed by atoms with Gasteiger partial charge in [-0.2, -0.15) is 0 Å². The number of hydrogen-bond donors (Lipinski definition) is 1. The number of rotatable bonds is 9. The lowest BCUT2D eigenvalue weighted by Crippen LogP contribution is -2.47. The highest BCUT2D eigenvalue weighted by Gasteiger charge is 2.26. The molecule has 1 aliphatic rings. The van der Waals surface area contributed by atoms with E-state index in [2.05, 4.69) is 15.2 Å². The number of aromatic nitrogens is 2. The molecule has 0 aliphatic carbocycles. The molecule has 186 valence electrons. The van der Waals surface area contributed by atoms with E-state index in [1.165, 1.54) is 12.1 Å². The smallest absolute Gasteiger partial charge is 0.260 e. The number of carbonyl (C=O) groups excluding carboxylic acids is 1. The average Bonchev–Trinajstić information content (AvgIpc) is 3.27. The minimum absolute atomic E-state index is 0.0372. The number of aliphatic hydroxyl groups is 1. The highest BCUT2D eigenvalue weighted by Crippen LogP contribution is 2.29. The van der Waals surface area contributed by atoms with Crippen LogP contribution in [0.25, 0.3) is 11.1 Å². The minimum atomic E-state index is -0.289. The van der Waals surface area contributed by atoms with Gasteiger partial charge in [0.05, 0.1) is 12.6 Å². The summed E-state index contributed by atoms with van der Waals surface area (Å²) in [6, 6.07) is 11.9. The SMILES string of the molecule is Cc1nonc1CN(C)Cc1cc(-c2ccc(F)cc2)ccc1OCC(=O)N1CCCC[C@@H]1CO. The number of benzene rings is 2. The molecule has 1 amide bonds. The van der Waals surface area contributed by atoms with Crippen molar-refractivity contribution in [3.63, 3.8) is 0 Å². The number of carbonyl (C=O) groups is 1. The van der Waals surface area contributed by atoms with Gasteiger partial charge in [-0.05, 0) is 68.6 Å². The second-order valence-electron chi connectivity index (χ2n) is 9.01. The van der Waals surface area contributed by atoms with Crippen molar-refractivity contribution in [2.24, 2.45) is 0 Å². The molecule has 0 spiro atoms. The van der Waals surface area contributed by atoms with Crippen molar-refractivity contribution in [3.8, 4) is 16.9 Å². The highest BCUT2D eigenvalue weighted by molar-refractivity contribution is 5.78. The number of aliphatic hydroxyl groups excluding tert-OH is 1. The van der Waals surface area contributed by atoms with E-state index in [1.807, 2.05) is 32.2 Å². The van der Waals surface area contributed by atoms with Crippen LogP contribution in [0.1, 0.15) is 36.2 Å². The quantitative estimate of drug-likeness (QED) is 0.499. The number of amides is 1. The highest BCUT2D eigenvalue weighted by atomic mass is 19.1. The summed E-state index contributed by atoms with van der Waals surface area (Å²) in [4.78, 5) is 16.6. The van der Waals surface area contributed by atoms with Crippen molar-refractivity contribution in [2.75, 3.05) is 26.8 Å². The molecule has 1 fully saturated rings. The Hall–Kier alpha value is -3.30. The molecule has 0 unspecified atom stereocenters. The van der Waals surface area contributed by atoms with Crippen molar-refractivity contribution >= 4 is 5.91 Å². The van der Waals surface area contributed by atoms with Gasteiger partial charge < -0.3 is 14.7 Å². The summed E-state index contributed by atoms with van der Waals surface area (Å²) in [5.74, 6) is 0.182. The summed E-state index contributed by atoms with van der Waals surface area (Å²) in [6.45, 7) is 3.39. The van der Waals surface area contributed by atoms with Gasteiger partial charge in [-0.3, -0.25) is 9.69 Å². The Morgan fingerprint density at radius 2 is 1.94 bits per heavy atom. The zero-order chi connectivity index (χ0) is 24.8. The third kappa shape index (κ3) is 6.23. The number of halogens is 1. The van der Waals surface area contributed by atoms with E-state index < -0.39 is 0 Å². The lowest BCUT2D eigenvalue weighted by Gasteiger charge is -2.34. The summed E-state index contributed by atoms with van der Waals surface area (Å²) < 4.78 is 24.2. The maximum absolute atomic E-state index is 13.4. The molecule has 3 aromatic rings. The van der Waals surface area contributed by atoms with E-state index >= 15 is 0 Å². The van der Waals surface area contributed by atoms with E-state index in [0.29, 0.717) is 25.4 Å². The molecule has 2 aromatic carbocycles. The molecule has 1 aromatic heterocycles. The van der Waals surface area contributed by atoms with Gasteiger partial charge in [-0.25, -0.2) is 9.02 Å². The lowest BCUT2D eigenvalue weighted by molar-refractivity contribution is -0.138. The zero-order valence-electron chi connectivity index (χ0n) is 20.1. The fourth-order valence-electron chi connectivity index (χ4n) is 4.40. The van der Waals surface area contributed by atoms with Crippen LogP contribution in [0.4, 0.5) is 4.39 Å². The van der Waals surface area contributed by atoms with Gasteiger partial charge in [0.2, 0.25) is 0 Å². The summed E-state index contributed by atoms with van der Waals surface area (Å²) in [5.41, 5.74) is 4.17. The Morgan fingerprint density at radius 3 is 2.66 bits per heavy atom. The van der Waals surface area contributed by atoms with Crippen molar-refractivity contribution in [2.45, 2.75) is 45.3 Å². The fraction of sp³-hybridized carbons (Fsp3) is 0.423. The van der Waals surface area contributed by atoms with Crippen LogP contribution in [0.15, 0.2) is 47.1 Å². The molecule has 9 heteroatoms. The largest absolute Gasteiger partial charge is 0.483 e. The van der Waals surface area contributed by atoms with Crippen LogP contribution in [0.3, 0.4) is 0 Å². The van der Waals surface area contributed by atoms with Crippen molar-refractivity contribution in [1.82, 2.24) is 20.1 Å². The molecule has 1 aliphatic heterocycles. The predicted molar refractivity (Wildman–Crippen MR) is 128 cm³/mol. The topological polar surface area (TPSA) is 91.9 Å². The van der Waals surface area contributed by atoms with Crippen molar-refractivity contribution < 1.29 is 23.7 Å². The van der Waals surface area contributed by atoms with Gasteiger partial charge in [-0.1, -0.05) is 28.5 Å². The van der Waals surface area contributed by atoms with E-state index in [4.69, 9.17) is 9.37 Å². The number of ether oxygens (including phenoxy) is 1. The van der Waals surface area contributed by atoms with Crippen LogP contribution >= 0.6 is 0 Å². The van der Waals surface area contributed by atoms with E-state index in [0.717, 1.165) is 47.3 Å². The molecule has 2 heterocycles. The second-order valence-corrected chi connectivity index (χ2v) is 9.01. The Labute approximate surface area is 204 Å². The molecule has 4 rings (SSSR count). The van der Waals surface area contributed by atoms with Crippen LogP contribution in [0.2, 0.25) is 0 Å². The number of nitrogens with zero attached hydrogens (tertiary/aromatic N) is 4. The third-order valence-corrected chi connectivity index (χ3v) is 6.35. The maximum Gasteiger partial charge on any atom is 0.260 e. The van der Waals surface area contributed by atoms with Gasteiger partial charge >= 0.3 is 0 Å². The number of hydrogen-bond acceptors (Lipinski definition) is 7. The molecule has 0 saturated carbocycles. The van der Waals surface area contributed by atoms with Gasteiger partial charge in [0.15, 0.2) is 6.61 Å². The molecule has 0 radical (unpaired) electrons. The van der Waals surface area contributed by atoms with Crippen molar-refractivity contribution in [3.05, 3.63) is 65.2 Å². The molecular weight excluding hydrogens is 451 g/mol. The second kappa shape index (κ2) is 11.4. The first-order valence-electron chi connectivity index (χ1n) is 11.8. The Morgan fingerprint density at radius 1 is 1.17 bits per heavy atom. The van der Waals surface area contributed by atoms with Gasteiger partial charge in [-0.15, -0.1) is 0 Å². The van der Waals surface area contributed by atoms with Crippen LogP contribution < -0.4 is 4.74 Å². The predicted octanol–water partition coefficient (Wildman–Crippen LogP) is 3.57. The first kappa shape index (κ1) is 24.8. The monoisotopic (exact) mass is 482 g/mol. The van der Waals surface area contributed by atoms with Crippen LogP contribution in [-0.4, -0.2) is 64.0 Å². The van der Waals surface area contributed by atoms with Crippen LogP contribution in [0.5, 0.6) is 5.75 Å². The average molecular weight is 483 g/mol. The first-order chi connectivity index (χ1) is 16.9. The summed E-state index contributed by atoms with van der Waals surface area (Å²) >= 11 is 0. The lowest BCUT2D eigenvalue weighted by atomic mass is 10.0. The van der Waals surface area contributed by atoms with E-state index in [-0.39, 0.29) is 31.0 Å². The fourth-order valence-corrected chi connectivity index (χ4v) is 4.40. The zero-order valence-corrected chi connectivity index (χ0v) is 20.1. The Bertz CT molecular complexity index is 1130. The van der Waals surface area contributed by atoms with E-state index in [1.54, 1.807) is 17.0 Å². The third-order valence-electron chi connectivity index (χ3n) is 6.35. The Balaban J connectivity index is 1.53. The Kier molecular flexibility index (Phi) is 8.09. The number of aryl methyl sites for hydroxylation is 1. The normalized spacial score (nSPS) is 16.0. The van der Waals surface area contributed by atoms with Crippen molar-refractivity contribution in [1.29, 1.82) is 0 Å². The van der Waals surface area contributed by atoms with E-state index in [9.17, 15) is 14.3 Å². The molecule has 1 atom stereocenters. The first-order valence-corrected chi connectivity index (χ1v) is 11.8. The minimum Gasteiger partial charge on any atom is -0.483 e. The molecular formula is C26H31FN4O4. The molecule has 0 bridgehead atoms. The number of piperidine rings is 1. The van der Waals surface area contributed by atoms with Crippen LogP contribution in [0, 0.1) is 12.7 Å². The number of likely N-dealkylation sites (tertiary alicyclic amines) is 1. The maximum atomic E-state index is 13.4. The van der Waals surface area contributed by atoms with Gasteiger partial charge in [0.25, 0.3) is 5.91 Å². The molecule has 35 heavy (non-hydrogen) atoms. The van der Waals surface area contributed by atoms with Gasteiger partial charge in [0.1, 0.15) is 23.0 Å². The summed E-state index contributed by atoms with van der Waals surface area (Å²) in [5, 5.41) is 17.4. The standard InChI is InChI=1S/C26H31FN4O4/c1-18-24(29-35-28-18)15-30(2)14-21-13-20(19-6-9-22(27)10-7-19)8-11-25(21)34-17-26(33)31-12-4-3-5-23(31)16-32/h6-11,13,23,32H,3-5,12,14-17H2,1-2H3/t23-/m1/s1. The molecule has 8 nitrogen and oxygen atoms in total. The molecule has 1 saturated heterocycles. The summed E-state index contributed by atoms with van der Waals surface area (Å²) in [7, 11) is 1.95. The molecule has 1 N–H and O–H groups in total.